The van der Waals surface area contributed by atoms with Gasteiger partial charge in [0.2, 0.25) is 0 Å². The van der Waals surface area contributed by atoms with Gasteiger partial charge in [0.05, 0.1) is 6.16 Å². The number of hydrogen-bond acceptors (Lipinski definition) is 1. The van der Waals surface area contributed by atoms with Gasteiger partial charge in [-0.1, -0.05) is 20.8 Å². The van der Waals surface area contributed by atoms with E-state index in [1.54, 1.807) is 0 Å². The van der Waals surface area contributed by atoms with Crippen LogP contribution in [0.15, 0.2) is 0 Å². The van der Waals surface area contributed by atoms with Crippen molar-refractivity contribution in [1.29, 1.82) is 0 Å². The summed E-state index contributed by atoms with van der Waals surface area (Å²) in [5.74, 6) is 0. The monoisotopic (exact) mass is 166 g/mol. The normalized spacial score (nSPS) is 13.7. The molecule has 0 unspecified atom stereocenters. The van der Waals surface area contributed by atoms with E-state index in [0.717, 1.165) is 0 Å². The molecule has 0 saturated heterocycles. The lowest BCUT2D eigenvalue weighted by molar-refractivity contribution is 0.344. The third-order valence-electron chi connectivity index (χ3n) is 1.15. The summed E-state index contributed by atoms with van der Waals surface area (Å²) >= 11 is 0. The van der Waals surface area contributed by atoms with Gasteiger partial charge >= 0.3 is 7.60 Å². The van der Waals surface area contributed by atoms with Gasteiger partial charge in [-0.15, -0.1) is 0 Å². The van der Waals surface area contributed by atoms with Crippen LogP contribution in [-0.4, -0.2) is 15.9 Å². The minimum Gasteiger partial charge on any atom is -0.324 e. The van der Waals surface area contributed by atoms with Crippen molar-refractivity contribution in [2.45, 2.75) is 27.2 Å². The van der Waals surface area contributed by atoms with E-state index in [1.807, 2.05) is 20.8 Å². The average Bonchev–Trinajstić information content (AvgIpc) is 1.57. The van der Waals surface area contributed by atoms with Crippen LogP contribution in [0.5, 0.6) is 0 Å². The molecule has 3 nitrogen and oxygen atoms in total. The first-order valence-electron chi connectivity index (χ1n) is 3.25. The summed E-state index contributed by atoms with van der Waals surface area (Å²) in [6.07, 6.45) is 0.563. The molecule has 0 aliphatic heterocycles. The van der Waals surface area contributed by atoms with Gasteiger partial charge in [-0.3, -0.25) is 4.57 Å². The van der Waals surface area contributed by atoms with Crippen molar-refractivity contribution in [2.75, 3.05) is 6.16 Å². The highest BCUT2D eigenvalue weighted by atomic mass is 31.2. The zero-order chi connectivity index (χ0) is 8.41. The van der Waals surface area contributed by atoms with Gasteiger partial charge < -0.3 is 9.79 Å². The van der Waals surface area contributed by atoms with E-state index < -0.39 is 7.60 Å². The topological polar surface area (TPSA) is 57.5 Å². The Morgan fingerprint density at radius 2 is 1.70 bits per heavy atom. The van der Waals surface area contributed by atoms with Crippen LogP contribution in [0.1, 0.15) is 27.2 Å². The maximum absolute atomic E-state index is 10.4. The lowest BCUT2D eigenvalue weighted by atomic mass is 9.94. The molecular weight excluding hydrogens is 151 g/mol. The van der Waals surface area contributed by atoms with Gasteiger partial charge in [0.25, 0.3) is 0 Å². The highest BCUT2D eigenvalue weighted by Gasteiger charge is 2.18. The quantitative estimate of drug-likeness (QED) is 0.612. The van der Waals surface area contributed by atoms with Crippen molar-refractivity contribution in [3.63, 3.8) is 0 Å². The van der Waals surface area contributed by atoms with Crippen molar-refractivity contribution in [2.24, 2.45) is 5.41 Å². The standard InChI is InChI=1S/C6H15O3P/c1-6(2,3)4-5-10(7,8)9/h4-5H2,1-3H3,(H2,7,8,9). The van der Waals surface area contributed by atoms with Crippen LogP contribution < -0.4 is 0 Å². The van der Waals surface area contributed by atoms with Crippen molar-refractivity contribution < 1.29 is 14.4 Å². The Balaban J connectivity index is 3.67. The smallest absolute Gasteiger partial charge is 0.324 e. The molecular formula is C6H15O3P. The van der Waals surface area contributed by atoms with Gasteiger partial charge in [-0.25, -0.2) is 0 Å². The van der Waals surface area contributed by atoms with Crippen LogP contribution in [0.25, 0.3) is 0 Å². The minimum absolute atomic E-state index is 0.00347. The van der Waals surface area contributed by atoms with E-state index in [-0.39, 0.29) is 11.6 Å². The molecule has 0 aromatic heterocycles. The van der Waals surface area contributed by atoms with E-state index >= 15 is 0 Å². The van der Waals surface area contributed by atoms with Gasteiger partial charge in [0.1, 0.15) is 0 Å². The summed E-state index contributed by atoms with van der Waals surface area (Å²) in [5, 5.41) is 0. The predicted octanol–water partition coefficient (Wildman–Crippen LogP) is 1.60. The fraction of sp³-hybridized carbons (Fsp3) is 1.00. The van der Waals surface area contributed by atoms with Gasteiger partial charge in [0, 0.05) is 0 Å². The molecule has 2 N–H and O–H groups in total. The summed E-state index contributed by atoms with van der Waals surface area (Å²) in [6, 6.07) is 0. The van der Waals surface area contributed by atoms with Crippen molar-refractivity contribution in [3.8, 4) is 0 Å². The summed E-state index contributed by atoms with van der Waals surface area (Å²) in [4.78, 5) is 17.0. The zero-order valence-electron chi connectivity index (χ0n) is 6.66. The highest BCUT2D eigenvalue weighted by Crippen LogP contribution is 2.38. The molecule has 0 radical (unpaired) electrons. The highest BCUT2D eigenvalue weighted by molar-refractivity contribution is 7.51. The Labute approximate surface area is 61.6 Å². The first kappa shape index (κ1) is 10.2. The van der Waals surface area contributed by atoms with Crippen LogP contribution in [0.3, 0.4) is 0 Å². The van der Waals surface area contributed by atoms with E-state index in [0.29, 0.717) is 6.42 Å². The van der Waals surface area contributed by atoms with Gasteiger partial charge in [-0.05, 0) is 11.8 Å². The van der Waals surface area contributed by atoms with Crippen molar-refractivity contribution >= 4 is 7.60 Å². The van der Waals surface area contributed by atoms with Crippen LogP contribution in [-0.2, 0) is 4.57 Å². The molecule has 0 bridgehead atoms. The maximum atomic E-state index is 10.4. The second kappa shape index (κ2) is 3.04. The second-order valence-corrected chi connectivity index (χ2v) is 5.48. The zero-order valence-corrected chi connectivity index (χ0v) is 7.56. The minimum atomic E-state index is -3.76. The fourth-order valence-electron chi connectivity index (χ4n) is 0.481. The average molecular weight is 166 g/mol. The van der Waals surface area contributed by atoms with E-state index in [2.05, 4.69) is 0 Å². The molecule has 0 heterocycles. The third-order valence-corrected chi connectivity index (χ3v) is 1.96. The first-order chi connectivity index (χ1) is 4.21. The summed E-state index contributed by atoms with van der Waals surface area (Å²) in [6.45, 7) is 5.88. The van der Waals surface area contributed by atoms with E-state index in [1.165, 1.54) is 0 Å². The molecule has 0 rings (SSSR count). The van der Waals surface area contributed by atoms with Gasteiger partial charge in [0.15, 0.2) is 0 Å². The lowest BCUT2D eigenvalue weighted by Crippen LogP contribution is -2.07. The molecule has 0 aliphatic carbocycles. The van der Waals surface area contributed by atoms with Crippen molar-refractivity contribution in [1.82, 2.24) is 0 Å². The summed E-state index contributed by atoms with van der Waals surface area (Å²) in [7, 11) is -3.76. The van der Waals surface area contributed by atoms with Crippen molar-refractivity contribution in [3.05, 3.63) is 0 Å². The molecule has 10 heavy (non-hydrogen) atoms. The van der Waals surface area contributed by atoms with Crippen LogP contribution in [0.4, 0.5) is 0 Å². The third kappa shape index (κ3) is 8.15. The molecule has 0 spiro atoms. The fourth-order valence-corrected chi connectivity index (χ4v) is 1.44. The maximum Gasteiger partial charge on any atom is 0.325 e. The summed E-state index contributed by atoms with van der Waals surface area (Å²) < 4.78 is 10.4. The molecule has 0 amide bonds. The number of hydrogen-bond donors (Lipinski definition) is 2. The molecule has 62 valence electrons. The van der Waals surface area contributed by atoms with Gasteiger partial charge in [-0.2, -0.15) is 0 Å². The molecule has 0 aromatic carbocycles. The Bertz CT molecular complexity index is 142. The molecule has 0 aromatic rings. The summed E-state index contributed by atoms with van der Waals surface area (Å²) in [5.41, 5.74) is 0.0150. The Hall–Kier alpha value is 0.150. The van der Waals surface area contributed by atoms with Crippen LogP contribution >= 0.6 is 7.60 Å². The molecule has 0 atom stereocenters. The van der Waals surface area contributed by atoms with Crippen LogP contribution in [0.2, 0.25) is 0 Å². The Kier molecular flexibility index (Phi) is 3.08. The largest absolute Gasteiger partial charge is 0.325 e. The van der Waals surface area contributed by atoms with E-state index in [9.17, 15) is 4.57 Å². The predicted molar refractivity (Wildman–Crippen MR) is 41.0 cm³/mol. The molecule has 0 saturated carbocycles. The Morgan fingerprint density at radius 3 is 1.80 bits per heavy atom. The molecule has 4 heteroatoms. The number of rotatable bonds is 2. The van der Waals surface area contributed by atoms with Crippen LogP contribution in [0, 0.1) is 5.41 Å². The SMILES string of the molecule is CC(C)(C)CCP(=O)(O)O. The van der Waals surface area contributed by atoms with E-state index in [4.69, 9.17) is 9.79 Å². The first-order valence-corrected chi connectivity index (χ1v) is 5.05. The lowest BCUT2D eigenvalue weighted by Gasteiger charge is -2.17. The Morgan fingerprint density at radius 1 is 1.30 bits per heavy atom. The molecule has 0 aliphatic rings. The second-order valence-electron chi connectivity index (χ2n) is 3.70. The molecule has 0 fully saturated rings.